The van der Waals surface area contributed by atoms with E-state index in [1.807, 2.05) is 0 Å². The van der Waals surface area contributed by atoms with Crippen LogP contribution in [0.1, 0.15) is 5.56 Å². The lowest BCUT2D eigenvalue weighted by molar-refractivity contribution is 0.306. The zero-order valence-electron chi connectivity index (χ0n) is 12.7. The molecule has 1 unspecified atom stereocenters. The molecule has 3 rings (SSSR count). The first-order chi connectivity index (χ1) is 10.9. The predicted molar refractivity (Wildman–Crippen MR) is 94.9 cm³/mol. The maximum absolute atomic E-state index is 12.3. The Hall–Kier alpha value is -2.36. The van der Waals surface area contributed by atoms with Crippen LogP contribution in [0.25, 0.3) is 11.2 Å². The first-order valence-electron chi connectivity index (χ1n) is 6.55. The van der Waals surface area contributed by atoms with Crippen LogP contribution in [0.4, 0.5) is 5.82 Å². The molecule has 0 radical (unpaired) electrons. The average Bonchev–Trinajstić information content (AvgIpc) is 2.92. The van der Waals surface area contributed by atoms with Crippen molar-refractivity contribution in [3.63, 3.8) is 0 Å². The Labute approximate surface area is 143 Å². The standard InChI is InChI=1S/C14H14ClN5O2S.H2O/c1-23(2,21)11-5-3-4-9(15)8(11)7-22-10-6-12(16)17-14-13(10)18-20-19-14;/h3-6H,1,7H2,2H3,(H3,16,17,18,19,20);1H2. The van der Waals surface area contributed by atoms with Crippen LogP contribution in [-0.4, -0.2) is 42.2 Å². The number of rotatable bonds is 4. The Morgan fingerprint density at radius 2 is 2.17 bits per heavy atom. The van der Waals surface area contributed by atoms with Crippen LogP contribution in [-0.2, 0) is 16.1 Å². The smallest absolute Gasteiger partial charge is 0.207 e. The van der Waals surface area contributed by atoms with Gasteiger partial charge in [-0.05, 0) is 27.5 Å². The lowest BCUT2D eigenvalue weighted by Crippen LogP contribution is -2.06. The summed E-state index contributed by atoms with van der Waals surface area (Å²) < 4.78 is 18.1. The van der Waals surface area contributed by atoms with Crippen molar-refractivity contribution >= 4 is 44.0 Å². The molecule has 1 aromatic carbocycles. The maximum atomic E-state index is 12.3. The van der Waals surface area contributed by atoms with Crippen molar-refractivity contribution in [3.05, 3.63) is 34.9 Å². The van der Waals surface area contributed by atoms with Gasteiger partial charge in [0, 0.05) is 27.8 Å². The fourth-order valence-corrected chi connectivity index (χ4v) is 3.51. The van der Waals surface area contributed by atoms with Gasteiger partial charge in [0.15, 0.2) is 11.3 Å². The molecule has 24 heavy (non-hydrogen) atoms. The van der Waals surface area contributed by atoms with E-state index in [0.717, 1.165) is 0 Å². The van der Waals surface area contributed by atoms with Crippen molar-refractivity contribution in [1.29, 1.82) is 0 Å². The number of fused-ring (bicyclic) bond motifs is 1. The van der Waals surface area contributed by atoms with Gasteiger partial charge in [-0.2, -0.15) is 10.3 Å². The van der Waals surface area contributed by atoms with E-state index in [1.165, 1.54) is 0 Å². The minimum atomic E-state index is -2.44. The van der Waals surface area contributed by atoms with E-state index in [9.17, 15) is 4.21 Å². The van der Waals surface area contributed by atoms with Crippen LogP contribution < -0.4 is 10.5 Å². The van der Waals surface area contributed by atoms with Crippen molar-refractivity contribution in [1.82, 2.24) is 20.4 Å². The molecule has 0 bridgehead atoms. The summed E-state index contributed by atoms with van der Waals surface area (Å²) in [4.78, 5) is 4.60. The number of nitrogen functional groups attached to an aromatic ring is 1. The molecule has 3 aromatic rings. The van der Waals surface area contributed by atoms with Crippen LogP contribution in [0.3, 0.4) is 0 Å². The normalized spacial score (nSPS) is 13.2. The van der Waals surface area contributed by atoms with E-state index >= 15 is 0 Å². The molecule has 128 valence electrons. The zero-order chi connectivity index (χ0) is 16.6. The Bertz CT molecular complexity index is 987. The quantitative estimate of drug-likeness (QED) is 0.659. The van der Waals surface area contributed by atoms with E-state index in [0.29, 0.717) is 32.4 Å². The number of nitrogens with one attached hydrogen (secondary N) is 1. The highest BCUT2D eigenvalue weighted by molar-refractivity contribution is 7.99. The number of nitrogens with two attached hydrogens (primary N) is 1. The van der Waals surface area contributed by atoms with Gasteiger partial charge in [-0.3, -0.25) is 4.21 Å². The third kappa shape index (κ3) is 3.42. The molecule has 0 aliphatic carbocycles. The van der Waals surface area contributed by atoms with Gasteiger partial charge in [-0.15, -0.1) is 5.10 Å². The fourth-order valence-electron chi connectivity index (χ4n) is 2.17. The van der Waals surface area contributed by atoms with Crippen molar-refractivity contribution in [2.75, 3.05) is 12.0 Å². The third-order valence-electron chi connectivity index (χ3n) is 3.19. The van der Waals surface area contributed by atoms with E-state index in [-0.39, 0.29) is 17.9 Å². The van der Waals surface area contributed by atoms with Gasteiger partial charge in [-0.1, -0.05) is 17.7 Å². The summed E-state index contributed by atoms with van der Waals surface area (Å²) >= 11 is 6.23. The Morgan fingerprint density at radius 3 is 2.88 bits per heavy atom. The number of benzene rings is 1. The number of aromatic nitrogens is 4. The molecule has 0 aliphatic rings. The molecule has 0 saturated carbocycles. The molecule has 0 fully saturated rings. The van der Waals surface area contributed by atoms with Gasteiger partial charge in [0.2, 0.25) is 5.65 Å². The summed E-state index contributed by atoms with van der Waals surface area (Å²) in [7, 11) is -2.44. The molecule has 5 N–H and O–H groups in total. The number of hydrogen-bond acceptors (Lipinski definition) is 6. The summed E-state index contributed by atoms with van der Waals surface area (Å²) in [5, 5.41) is 10.8. The molecule has 2 heterocycles. The molecule has 0 aliphatic heterocycles. The summed E-state index contributed by atoms with van der Waals surface area (Å²) in [5.41, 5.74) is 7.16. The van der Waals surface area contributed by atoms with Crippen molar-refractivity contribution < 1.29 is 14.4 Å². The second kappa shape index (κ2) is 6.63. The van der Waals surface area contributed by atoms with Gasteiger partial charge in [0.1, 0.15) is 12.4 Å². The lowest BCUT2D eigenvalue weighted by atomic mass is 10.2. The molecular weight excluding hydrogens is 354 g/mol. The minimum Gasteiger partial charge on any atom is -0.486 e. The van der Waals surface area contributed by atoms with Crippen molar-refractivity contribution in [2.24, 2.45) is 0 Å². The molecule has 10 heteroatoms. The second-order valence-corrected chi connectivity index (χ2v) is 7.91. The highest BCUT2D eigenvalue weighted by Crippen LogP contribution is 2.28. The fraction of sp³-hybridized carbons (Fsp3) is 0.143. The molecule has 8 nitrogen and oxygen atoms in total. The largest absolute Gasteiger partial charge is 0.486 e. The third-order valence-corrected chi connectivity index (χ3v) is 4.86. The molecular formula is C14H16ClN5O3S. The average molecular weight is 370 g/mol. The minimum absolute atomic E-state index is 0. The first-order valence-corrected chi connectivity index (χ1v) is 9.07. The van der Waals surface area contributed by atoms with Gasteiger partial charge >= 0.3 is 0 Å². The number of ether oxygens (including phenoxy) is 1. The Kier molecular flexibility index (Phi) is 4.97. The summed E-state index contributed by atoms with van der Waals surface area (Å²) in [6.07, 6.45) is 1.56. The Balaban J connectivity index is 0.00000208. The molecule has 0 spiro atoms. The van der Waals surface area contributed by atoms with E-state index in [2.05, 4.69) is 26.3 Å². The highest BCUT2D eigenvalue weighted by Gasteiger charge is 2.15. The number of pyridine rings is 1. The van der Waals surface area contributed by atoms with E-state index in [4.69, 9.17) is 22.1 Å². The monoisotopic (exact) mass is 369 g/mol. The molecule has 2 aromatic heterocycles. The topological polar surface area (TPSA) is 138 Å². The number of halogens is 1. The first kappa shape index (κ1) is 18.0. The van der Waals surface area contributed by atoms with Crippen LogP contribution in [0, 0.1) is 0 Å². The van der Waals surface area contributed by atoms with Crippen molar-refractivity contribution in [3.8, 4) is 5.75 Å². The van der Waals surface area contributed by atoms with Crippen LogP contribution in [0.2, 0.25) is 5.02 Å². The number of hydrogen-bond donors (Lipinski definition) is 2. The highest BCUT2D eigenvalue weighted by atomic mass is 35.5. The van der Waals surface area contributed by atoms with Crippen LogP contribution in [0.15, 0.2) is 29.2 Å². The summed E-state index contributed by atoms with van der Waals surface area (Å²) in [6, 6.07) is 6.72. The van der Waals surface area contributed by atoms with Gasteiger partial charge in [0.05, 0.1) is 0 Å². The molecule has 0 saturated heterocycles. The maximum Gasteiger partial charge on any atom is 0.207 e. The Morgan fingerprint density at radius 1 is 1.42 bits per heavy atom. The predicted octanol–water partition coefficient (Wildman–Crippen LogP) is 1.05. The van der Waals surface area contributed by atoms with Gasteiger partial charge < -0.3 is 15.9 Å². The summed E-state index contributed by atoms with van der Waals surface area (Å²) in [5.74, 6) is 4.39. The van der Waals surface area contributed by atoms with Crippen molar-refractivity contribution in [2.45, 2.75) is 11.5 Å². The van der Waals surface area contributed by atoms with E-state index in [1.54, 1.807) is 30.5 Å². The number of aromatic amines is 1. The zero-order valence-corrected chi connectivity index (χ0v) is 14.3. The lowest BCUT2D eigenvalue weighted by Gasteiger charge is -2.14. The number of nitrogens with zero attached hydrogens (tertiary/aromatic N) is 3. The van der Waals surface area contributed by atoms with E-state index < -0.39 is 9.52 Å². The van der Waals surface area contributed by atoms with Gasteiger partial charge in [0.25, 0.3) is 0 Å². The number of H-pyrrole nitrogens is 1. The van der Waals surface area contributed by atoms with Gasteiger partial charge in [-0.25, -0.2) is 4.98 Å². The second-order valence-electron chi connectivity index (χ2n) is 5.05. The molecule has 1 atom stereocenters. The van der Waals surface area contributed by atoms with Crippen LogP contribution >= 0.6 is 11.6 Å². The summed E-state index contributed by atoms with van der Waals surface area (Å²) in [6.45, 7) is 0.0980. The molecule has 0 amide bonds. The number of anilines is 1. The van der Waals surface area contributed by atoms with Crippen LogP contribution in [0.5, 0.6) is 5.75 Å². The SMILES string of the molecule is C=S(C)(=O)c1cccc(Cl)c1COc1cc(N)nc2n[nH]nc12.O.